The number of ether oxygens (including phenoxy) is 2. The van der Waals surface area contributed by atoms with Crippen LogP contribution in [-0.2, 0) is 9.47 Å². The van der Waals surface area contributed by atoms with Gasteiger partial charge in [-0.15, -0.1) is 11.8 Å². The fourth-order valence-electron chi connectivity index (χ4n) is 1.56. The molecule has 0 bridgehead atoms. The first-order valence-corrected chi connectivity index (χ1v) is 7.27. The van der Waals surface area contributed by atoms with Gasteiger partial charge in [0.2, 0.25) is 0 Å². The van der Waals surface area contributed by atoms with Crippen LogP contribution in [0, 0.1) is 6.92 Å². The molecule has 5 heteroatoms. The van der Waals surface area contributed by atoms with Gasteiger partial charge in [-0.1, -0.05) is 6.07 Å². The van der Waals surface area contributed by atoms with Crippen molar-refractivity contribution in [1.29, 1.82) is 0 Å². The van der Waals surface area contributed by atoms with E-state index < -0.39 is 5.97 Å². The first-order chi connectivity index (χ1) is 9.08. The second kappa shape index (κ2) is 8.19. The maximum Gasteiger partial charge on any atom is 0.335 e. The number of aromatic carboxylic acids is 1. The van der Waals surface area contributed by atoms with Gasteiger partial charge in [-0.25, -0.2) is 4.79 Å². The molecule has 0 radical (unpaired) electrons. The minimum absolute atomic E-state index is 0.257. The summed E-state index contributed by atoms with van der Waals surface area (Å²) in [6.45, 7) is 7.00. The fourth-order valence-corrected chi connectivity index (χ4v) is 2.58. The molecule has 0 spiro atoms. The number of thioether (sulfide) groups is 1. The molecular weight excluding hydrogens is 264 g/mol. The van der Waals surface area contributed by atoms with Crippen LogP contribution >= 0.6 is 11.8 Å². The van der Waals surface area contributed by atoms with Crippen molar-refractivity contribution in [2.75, 3.05) is 19.0 Å². The summed E-state index contributed by atoms with van der Waals surface area (Å²) in [5.74, 6) is -0.265. The van der Waals surface area contributed by atoms with Crippen molar-refractivity contribution < 1.29 is 19.4 Å². The Balaban J connectivity index is 2.69. The van der Waals surface area contributed by atoms with Crippen molar-refractivity contribution >= 4 is 17.7 Å². The average molecular weight is 284 g/mol. The van der Waals surface area contributed by atoms with Crippen molar-refractivity contribution in [3.8, 4) is 0 Å². The van der Waals surface area contributed by atoms with E-state index in [4.69, 9.17) is 14.6 Å². The third-order valence-electron chi connectivity index (χ3n) is 2.52. The first-order valence-electron chi connectivity index (χ1n) is 6.28. The van der Waals surface area contributed by atoms with E-state index >= 15 is 0 Å². The molecule has 0 saturated carbocycles. The van der Waals surface area contributed by atoms with E-state index in [1.807, 2.05) is 26.8 Å². The van der Waals surface area contributed by atoms with Crippen molar-refractivity contribution in [3.05, 3.63) is 29.3 Å². The van der Waals surface area contributed by atoms with Crippen molar-refractivity contribution in [2.45, 2.75) is 32.0 Å². The molecule has 0 aliphatic heterocycles. The SMILES string of the molecule is CCOC(CSc1cc(C(=O)O)ccc1C)OCC. The summed E-state index contributed by atoms with van der Waals surface area (Å²) in [6.07, 6.45) is -0.257. The molecule has 1 N–H and O–H groups in total. The van der Waals surface area contributed by atoms with Gasteiger partial charge in [0, 0.05) is 23.9 Å². The highest BCUT2D eigenvalue weighted by Gasteiger charge is 2.11. The van der Waals surface area contributed by atoms with Crippen LogP contribution in [0.25, 0.3) is 0 Å². The molecule has 0 aliphatic carbocycles. The molecule has 19 heavy (non-hydrogen) atoms. The molecule has 0 heterocycles. The van der Waals surface area contributed by atoms with Gasteiger partial charge in [0.25, 0.3) is 0 Å². The van der Waals surface area contributed by atoms with E-state index in [-0.39, 0.29) is 6.29 Å². The summed E-state index contributed by atoms with van der Waals surface area (Å²) in [6, 6.07) is 5.13. The predicted octanol–water partition coefficient (Wildman–Crippen LogP) is 3.18. The zero-order valence-corrected chi connectivity index (χ0v) is 12.3. The Morgan fingerprint density at radius 2 is 1.95 bits per heavy atom. The molecule has 4 nitrogen and oxygen atoms in total. The van der Waals surface area contributed by atoms with Gasteiger partial charge in [-0.2, -0.15) is 0 Å². The second-order valence-corrected chi connectivity index (χ2v) is 5.00. The van der Waals surface area contributed by atoms with E-state index in [0.29, 0.717) is 24.5 Å². The van der Waals surface area contributed by atoms with E-state index in [9.17, 15) is 4.79 Å². The summed E-state index contributed by atoms with van der Waals surface area (Å²) < 4.78 is 10.9. The molecule has 0 fully saturated rings. The van der Waals surface area contributed by atoms with E-state index in [0.717, 1.165) is 10.5 Å². The van der Waals surface area contributed by atoms with Gasteiger partial charge in [0.1, 0.15) is 0 Å². The van der Waals surface area contributed by atoms with Crippen LogP contribution in [0.2, 0.25) is 0 Å². The summed E-state index contributed by atoms with van der Waals surface area (Å²) >= 11 is 1.55. The van der Waals surface area contributed by atoms with Crippen LogP contribution in [0.4, 0.5) is 0 Å². The van der Waals surface area contributed by atoms with Crippen molar-refractivity contribution in [1.82, 2.24) is 0 Å². The molecule has 106 valence electrons. The van der Waals surface area contributed by atoms with Crippen LogP contribution in [0.1, 0.15) is 29.8 Å². The molecule has 0 unspecified atom stereocenters. The third kappa shape index (κ3) is 5.22. The monoisotopic (exact) mass is 284 g/mol. The van der Waals surface area contributed by atoms with Crippen LogP contribution < -0.4 is 0 Å². The largest absolute Gasteiger partial charge is 0.478 e. The molecule has 1 aromatic rings. The lowest BCUT2D eigenvalue weighted by atomic mass is 10.1. The predicted molar refractivity (Wildman–Crippen MR) is 75.9 cm³/mol. The Labute approximate surface area is 118 Å². The van der Waals surface area contributed by atoms with E-state index in [1.54, 1.807) is 23.9 Å². The van der Waals surface area contributed by atoms with Gasteiger partial charge in [0.15, 0.2) is 6.29 Å². The molecule has 0 atom stereocenters. The average Bonchev–Trinajstić information content (AvgIpc) is 2.37. The molecule has 0 aliphatic rings. The van der Waals surface area contributed by atoms with E-state index in [2.05, 4.69) is 0 Å². The number of carboxylic acid groups (broad SMARTS) is 1. The minimum atomic E-state index is -0.909. The molecule has 1 aromatic carbocycles. The molecular formula is C14H20O4S. The molecule has 0 saturated heterocycles. The Kier molecular flexibility index (Phi) is 6.91. The summed E-state index contributed by atoms with van der Waals surface area (Å²) in [5.41, 5.74) is 1.36. The normalized spacial score (nSPS) is 10.9. The second-order valence-electron chi connectivity index (χ2n) is 3.94. The lowest BCUT2D eigenvalue weighted by molar-refractivity contribution is -0.120. The molecule has 0 aromatic heterocycles. The van der Waals surface area contributed by atoms with Crippen LogP contribution in [0.3, 0.4) is 0 Å². The number of carboxylic acids is 1. The number of carbonyl (C=O) groups is 1. The minimum Gasteiger partial charge on any atom is -0.478 e. The topological polar surface area (TPSA) is 55.8 Å². The maximum atomic E-state index is 10.9. The Bertz CT molecular complexity index is 414. The number of aryl methyl sites for hydroxylation is 1. The standard InChI is InChI=1S/C14H20O4S/c1-4-17-13(18-5-2)9-19-12-8-11(14(15)16)7-6-10(12)3/h6-8,13H,4-5,9H2,1-3H3,(H,15,16). The number of benzene rings is 1. The smallest absolute Gasteiger partial charge is 0.335 e. The molecule has 1 rings (SSSR count). The van der Waals surface area contributed by atoms with Crippen molar-refractivity contribution in [2.24, 2.45) is 0 Å². The zero-order valence-electron chi connectivity index (χ0n) is 11.5. The lowest BCUT2D eigenvalue weighted by Crippen LogP contribution is -2.20. The van der Waals surface area contributed by atoms with Crippen molar-refractivity contribution in [3.63, 3.8) is 0 Å². The van der Waals surface area contributed by atoms with Crippen LogP contribution in [0.15, 0.2) is 23.1 Å². The van der Waals surface area contributed by atoms with Gasteiger partial charge >= 0.3 is 5.97 Å². The van der Waals surface area contributed by atoms with Gasteiger partial charge in [0.05, 0.1) is 5.56 Å². The Hall–Kier alpha value is -1.04. The Morgan fingerprint density at radius 1 is 1.32 bits per heavy atom. The maximum absolute atomic E-state index is 10.9. The van der Waals surface area contributed by atoms with Gasteiger partial charge in [-0.3, -0.25) is 0 Å². The Morgan fingerprint density at radius 3 is 2.47 bits per heavy atom. The number of hydrogen-bond acceptors (Lipinski definition) is 4. The quantitative estimate of drug-likeness (QED) is 0.587. The first kappa shape index (κ1) is 16.0. The molecule has 0 amide bonds. The lowest BCUT2D eigenvalue weighted by Gasteiger charge is -2.17. The fraction of sp³-hybridized carbons (Fsp3) is 0.500. The zero-order chi connectivity index (χ0) is 14.3. The van der Waals surface area contributed by atoms with Crippen LogP contribution in [0.5, 0.6) is 0 Å². The number of hydrogen-bond donors (Lipinski definition) is 1. The highest BCUT2D eigenvalue weighted by Crippen LogP contribution is 2.25. The number of rotatable bonds is 8. The van der Waals surface area contributed by atoms with Gasteiger partial charge < -0.3 is 14.6 Å². The van der Waals surface area contributed by atoms with E-state index in [1.165, 1.54) is 0 Å². The highest BCUT2D eigenvalue weighted by molar-refractivity contribution is 7.99. The summed E-state index contributed by atoms with van der Waals surface area (Å²) in [7, 11) is 0. The third-order valence-corrected chi connectivity index (χ3v) is 3.70. The summed E-state index contributed by atoms with van der Waals surface area (Å²) in [5, 5.41) is 8.99. The highest BCUT2D eigenvalue weighted by atomic mass is 32.2. The summed E-state index contributed by atoms with van der Waals surface area (Å²) in [4.78, 5) is 11.9. The van der Waals surface area contributed by atoms with Crippen LogP contribution in [-0.4, -0.2) is 36.3 Å². The van der Waals surface area contributed by atoms with Gasteiger partial charge in [-0.05, 0) is 38.5 Å².